The van der Waals surface area contributed by atoms with Crippen LogP contribution in [-0.4, -0.2) is 24.0 Å². The Morgan fingerprint density at radius 1 is 1.06 bits per heavy atom. The van der Waals surface area contributed by atoms with Crippen molar-refractivity contribution < 1.29 is 0 Å². The van der Waals surface area contributed by atoms with E-state index in [4.69, 9.17) is 11.6 Å². The number of rotatable bonds is 1. The lowest BCUT2D eigenvalue weighted by Crippen LogP contribution is -2.43. The lowest BCUT2D eigenvalue weighted by Gasteiger charge is -2.40. The molecule has 0 aromatic heterocycles. The van der Waals surface area contributed by atoms with Gasteiger partial charge >= 0.3 is 0 Å². The maximum atomic E-state index is 5.92. The molecule has 0 spiro atoms. The number of nitrogens with zero attached hydrogens (tertiary/aromatic N) is 1. The van der Waals surface area contributed by atoms with Crippen molar-refractivity contribution in [2.24, 2.45) is 0 Å². The van der Waals surface area contributed by atoms with E-state index in [0.29, 0.717) is 18.0 Å². The Balaban J connectivity index is 2.13. The van der Waals surface area contributed by atoms with Crippen LogP contribution in [0.5, 0.6) is 0 Å². The van der Waals surface area contributed by atoms with Gasteiger partial charge in [-0.3, -0.25) is 0 Å². The van der Waals surface area contributed by atoms with Crippen LogP contribution in [0.3, 0.4) is 0 Å². The molecule has 0 N–H and O–H groups in total. The Bertz CT molecular complexity index is 334. The van der Waals surface area contributed by atoms with Gasteiger partial charge in [-0.15, -0.1) is 0 Å². The first-order chi connectivity index (χ1) is 7.58. The molecule has 2 rings (SSSR count). The van der Waals surface area contributed by atoms with E-state index in [9.17, 15) is 0 Å². The fraction of sp³-hybridized carbons (Fsp3) is 0.571. The SMILES string of the molecule is C[C@@H]1CC(c2ccc(Cl)cc2)C[C@H](C)N1C. The summed E-state index contributed by atoms with van der Waals surface area (Å²) in [5.41, 5.74) is 1.44. The molecule has 0 amide bonds. The van der Waals surface area contributed by atoms with Gasteiger partial charge in [-0.05, 0) is 57.4 Å². The molecule has 1 heterocycles. The van der Waals surface area contributed by atoms with Crippen LogP contribution in [0.1, 0.15) is 38.2 Å². The van der Waals surface area contributed by atoms with Crippen LogP contribution >= 0.6 is 11.6 Å². The Kier molecular flexibility index (Phi) is 3.56. The molecule has 88 valence electrons. The average Bonchev–Trinajstić information content (AvgIpc) is 2.26. The summed E-state index contributed by atoms with van der Waals surface area (Å²) < 4.78 is 0. The number of likely N-dealkylation sites (tertiary alicyclic amines) is 1. The minimum absolute atomic E-state index is 0.671. The van der Waals surface area contributed by atoms with E-state index in [1.807, 2.05) is 12.1 Å². The summed E-state index contributed by atoms with van der Waals surface area (Å²) in [6.45, 7) is 4.64. The highest BCUT2D eigenvalue weighted by atomic mass is 35.5. The first-order valence-corrected chi connectivity index (χ1v) is 6.43. The second-order valence-corrected chi connectivity index (χ2v) is 5.52. The summed E-state index contributed by atoms with van der Waals surface area (Å²) in [4.78, 5) is 2.48. The van der Waals surface area contributed by atoms with E-state index < -0.39 is 0 Å². The second kappa shape index (κ2) is 4.77. The topological polar surface area (TPSA) is 3.24 Å². The molecule has 1 nitrogen and oxygen atoms in total. The lowest BCUT2D eigenvalue weighted by molar-refractivity contribution is 0.123. The van der Waals surface area contributed by atoms with Crippen LogP contribution in [0.2, 0.25) is 5.02 Å². The van der Waals surface area contributed by atoms with E-state index in [0.717, 1.165) is 5.02 Å². The molecule has 1 aliphatic rings. The molecule has 0 bridgehead atoms. The van der Waals surface area contributed by atoms with Gasteiger partial charge in [-0.1, -0.05) is 23.7 Å². The largest absolute Gasteiger partial charge is 0.301 e. The Morgan fingerprint density at radius 3 is 2.06 bits per heavy atom. The van der Waals surface area contributed by atoms with Crippen molar-refractivity contribution in [3.05, 3.63) is 34.9 Å². The number of halogens is 1. The molecule has 1 aromatic carbocycles. The number of piperidine rings is 1. The fourth-order valence-electron chi connectivity index (χ4n) is 2.69. The van der Waals surface area contributed by atoms with Crippen LogP contribution in [0, 0.1) is 0 Å². The predicted octanol–water partition coefficient (Wildman–Crippen LogP) is 3.93. The highest BCUT2D eigenvalue weighted by Gasteiger charge is 2.28. The van der Waals surface area contributed by atoms with Crippen molar-refractivity contribution in [1.82, 2.24) is 4.90 Å². The Labute approximate surface area is 103 Å². The first-order valence-electron chi connectivity index (χ1n) is 6.05. The minimum atomic E-state index is 0.671. The number of hydrogen-bond donors (Lipinski definition) is 0. The molecular weight excluding hydrogens is 218 g/mol. The Morgan fingerprint density at radius 2 is 1.56 bits per heavy atom. The summed E-state index contributed by atoms with van der Waals surface area (Å²) in [5, 5.41) is 0.831. The van der Waals surface area contributed by atoms with Crippen molar-refractivity contribution in [1.29, 1.82) is 0 Å². The van der Waals surface area contributed by atoms with Crippen molar-refractivity contribution in [2.45, 2.75) is 44.7 Å². The lowest BCUT2D eigenvalue weighted by atomic mass is 9.83. The third kappa shape index (κ3) is 2.41. The highest BCUT2D eigenvalue weighted by Crippen LogP contribution is 2.34. The molecule has 1 unspecified atom stereocenters. The van der Waals surface area contributed by atoms with Crippen molar-refractivity contribution >= 4 is 11.6 Å². The summed E-state index contributed by atoms with van der Waals surface area (Å²) in [5.74, 6) is 0.693. The molecular formula is C14H20ClN. The van der Waals surface area contributed by atoms with E-state index in [1.165, 1.54) is 18.4 Å². The highest BCUT2D eigenvalue weighted by molar-refractivity contribution is 6.30. The first kappa shape index (κ1) is 11.9. The van der Waals surface area contributed by atoms with Crippen LogP contribution in [-0.2, 0) is 0 Å². The smallest absolute Gasteiger partial charge is 0.0406 e. The molecule has 1 aliphatic heterocycles. The van der Waals surface area contributed by atoms with E-state index in [1.54, 1.807) is 0 Å². The van der Waals surface area contributed by atoms with Crippen LogP contribution < -0.4 is 0 Å². The van der Waals surface area contributed by atoms with Crippen molar-refractivity contribution in [3.63, 3.8) is 0 Å². The van der Waals surface area contributed by atoms with Gasteiger partial charge in [0.15, 0.2) is 0 Å². The quantitative estimate of drug-likeness (QED) is 0.716. The van der Waals surface area contributed by atoms with Crippen LogP contribution in [0.25, 0.3) is 0 Å². The second-order valence-electron chi connectivity index (χ2n) is 5.08. The monoisotopic (exact) mass is 237 g/mol. The van der Waals surface area contributed by atoms with Crippen molar-refractivity contribution in [2.75, 3.05) is 7.05 Å². The van der Waals surface area contributed by atoms with Crippen LogP contribution in [0.15, 0.2) is 24.3 Å². The molecule has 1 aromatic rings. The van der Waals surface area contributed by atoms with Gasteiger partial charge < -0.3 is 4.90 Å². The van der Waals surface area contributed by atoms with Gasteiger partial charge in [-0.25, -0.2) is 0 Å². The zero-order valence-electron chi connectivity index (χ0n) is 10.3. The van der Waals surface area contributed by atoms with Crippen LogP contribution in [0.4, 0.5) is 0 Å². The molecule has 16 heavy (non-hydrogen) atoms. The zero-order valence-corrected chi connectivity index (χ0v) is 11.0. The van der Waals surface area contributed by atoms with Gasteiger partial charge in [0.1, 0.15) is 0 Å². The maximum absolute atomic E-state index is 5.92. The summed E-state index contributed by atoms with van der Waals surface area (Å²) >= 11 is 5.92. The number of benzene rings is 1. The van der Waals surface area contributed by atoms with E-state index in [-0.39, 0.29) is 0 Å². The van der Waals surface area contributed by atoms with Gasteiger partial charge in [0.2, 0.25) is 0 Å². The normalized spacial score (nSPS) is 31.6. The standard InChI is InChI=1S/C14H20ClN/c1-10-8-13(9-11(2)16(10)3)12-4-6-14(15)7-5-12/h4-7,10-11,13H,8-9H2,1-3H3/t10-,11+,13?. The average molecular weight is 238 g/mol. The molecule has 3 atom stereocenters. The Hall–Kier alpha value is -0.530. The van der Waals surface area contributed by atoms with E-state index >= 15 is 0 Å². The summed E-state index contributed by atoms with van der Waals surface area (Å²) in [6.07, 6.45) is 2.50. The fourth-order valence-corrected chi connectivity index (χ4v) is 2.82. The number of hydrogen-bond acceptors (Lipinski definition) is 1. The predicted molar refractivity (Wildman–Crippen MR) is 70.1 cm³/mol. The van der Waals surface area contributed by atoms with Gasteiger partial charge in [-0.2, -0.15) is 0 Å². The molecule has 0 aliphatic carbocycles. The molecule has 2 heteroatoms. The molecule has 0 radical (unpaired) electrons. The van der Waals surface area contributed by atoms with Gasteiger partial charge in [0, 0.05) is 17.1 Å². The molecule has 1 fully saturated rings. The summed E-state index contributed by atoms with van der Waals surface area (Å²) in [6, 6.07) is 9.71. The third-order valence-electron chi connectivity index (χ3n) is 3.98. The van der Waals surface area contributed by atoms with Crippen molar-refractivity contribution in [3.8, 4) is 0 Å². The van der Waals surface area contributed by atoms with E-state index in [2.05, 4.69) is 37.9 Å². The summed E-state index contributed by atoms with van der Waals surface area (Å²) in [7, 11) is 2.23. The minimum Gasteiger partial charge on any atom is -0.301 e. The van der Waals surface area contributed by atoms with Gasteiger partial charge in [0.05, 0.1) is 0 Å². The molecule has 1 saturated heterocycles. The maximum Gasteiger partial charge on any atom is 0.0406 e. The van der Waals surface area contributed by atoms with Gasteiger partial charge in [0.25, 0.3) is 0 Å². The molecule has 0 saturated carbocycles. The third-order valence-corrected chi connectivity index (χ3v) is 4.24. The zero-order chi connectivity index (χ0) is 11.7.